The van der Waals surface area contributed by atoms with Crippen LogP contribution in [0.15, 0.2) is 0 Å². The Morgan fingerprint density at radius 1 is 0.889 bits per heavy atom. The van der Waals surface area contributed by atoms with Crippen LogP contribution in [0.2, 0.25) is 0 Å². The highest BCUT2D eigenvalue weighted by atomic mass is 13.6. The van der Waals surface area contributed by atoms with Crippen LogP contribution < -0.4 is 0 Å². The summed E-state index contributed by atoms with van der Waals surface area (Å²) in [5.41, 5.74) is 0. The number of rotatable bonds is 0. The monoisotopic (exact) mass is 114 g/mol. The Bertz CT molecular complexity index is 226. The highest BCUT2D eigenvalue weighted by Gasteiger charge is 1.60. The van der Waals surface area contributed by atoms with Crippen LogP contribution in [0.25, 0.3) is 0 Å². The van der Waals surface area contributed by atoms with Gasteiger partial charge < -0.3 is 0 Å². The maximum absolute atomic E-state index is 3.33. The van der Waals surface area contributed by atoms with E-state index in [0.29, 0.717) is 6.42 Å². The van der Waals surface area contributed by atoms with Crippen LogP contribution >= 0.6 is 0 Å². The summed E-state index contributed by atoms with van der Waals surface area (Å²) in [4.78, 5) is 0. The van der Waals surface area contributed by atoms with Gasteiger partial charge in [-0.15, -0.1) is 5.92 Å². The Balaban J connectivity index is 3.55. The smallest absolute Gasteiger partial charge is 0.0712 e. The molecule has 0 saturated heterocycles. The molecule has 0 heteroatoms. The van der Waals surface area contributed by atoms with Gasteiger partial charge in [0.05, 0.1) is 6.42 Å². The standard InChI is InChI=1S/C9H6/c1-3-5-7-9-8-6-4-2/h1-2,7H2. The molecule has 0 rings (SSSR count). The summed E-state index contributed by atoms with van der Waals surface area (Å²) in [7, 11) is 0. The van der Waals surface area contributed by atoms with E-state index in [-0.39, 0.29) is 0 Å². The van der Waals surface area contributed by atoms with Crippen molar-refractivity contribution in [1.29, 1.82) is 0 Å². The van der Waals surface area contributed by atoms with Crippen molar-refractivity contribution in [3.05, 3.63) is 13.8 Å². The maximum Gasteiger partial charge on any atom is 0.0712 e. The zero-order valence-corrected chi connectivity index (χ0v) is 5.12. The van der Waals surface area contributed by atoms with E-state index in [1.807, 2.05) is 0 Å². The summed E-state index contributed by atoms with van der Waals surface area (Å²) in [6.45, 7) is 6.62. The lowest BCUT2D eigenvalue weighted by Crippen LogP contribution is -1.57. The lowest BCUT2D eigenvalue weighted by molar-refractivity contribution is 1.57. The predicted octanol–water partition coefficient (Wildman–Crippen LogP) is 1.05. The van der Waals surface area contributed by atoms with Gasteiger partial charge in [-0.25, -0.2) is 0 Å². The molecule has 0 atom stereocenters. The van der Waals surface area contributed by atoms with Crippen LogP contribution in [-0.2, 0) is 0 Å². The van der Waals surface area contributed by atoms with Gasteiger partial charge in [0, 0.05) is 13.8 Å². The molecular weight excluding hydrogens is 108 g/mol. The molecule has 0 heterocycles. The van der Waals surface area contributed by atoms with Crippen molar-refractivity contribution in [2.24, 2.45) is 0 Å². The first kappa shape index (κ1) is 7.68. The summed E-state index contributed by atoms with van der Waals surface area (Å²) >= 11 is 0. The Morgan fingerprint density at radius 3 is 2.22 bits per heavy atom. The lowest BCUT2D eigenvalue weighted by Gasteiger charge is -1.63. The minimum absolute atomic E-state index is 0.540. The average molecular weight is 114 g/mol. The minimum atomic E-state index is 0.540. The fraction of sp³-hybridized carbons (Fsp3) is 0.111. The van der Waals surface area contributed by atoms with Crippen LogP contribution in [0.1, 0.15) is 6.42 Å². The van der Waals surface area contributed by atoms with Crippen molar-refractivity contribution in [3.8, 4) is 35.5 Å². The first-order chi connectivity index (χ1) is 4.41. The van der Waals surface area contributed by atoms with Crippen molar-refractivity contribution in [1.82, 2.24) is 0 Å². The highest BCUT2D eigenvalue weighted by Crippen LogP contribution is 1.67. The Morgan fingerprint density at radius 2 is 1.67 bits per heavy atom. The SMILES string of the molecule is [CH2]C#CC#CCC#C[CH2]. The van der Waals surface area contributed by atoms with Gasteiger partial charge in [-0.3, -0.25) is 0 Å². The molecule has 0 aliphatic carbocycles. The van der Waals surface area contributed by atoms with Crippen molar-refractivity contribution in [3.63, 3.8) is 0 Å². The Kier molecular flexibility index (Phi) is 5.70. The molecular formula is C9H6. The molecule has 0 aromatic heterocycles. The van der Waals surface area contributed by atoms with Gasteiger partial charge in [0.15, 0.2) is 0 Å². The van der Waals surface area contributed by atoms with E-state index in [1.54, 1.807) is 0 Å². The molecule has 0 saturated carbocycles. The molecule has 0 spiro atoms. The number of hydrogen-bond acceptors (Lipinski definition) is 0. The molecule has 9 heavy (non-hydrogen) atoms. The molecule has 0 aliphatic rings. The van der Waals surface area contributed by atoms with Gasteiger partial charge in [-0.2, -0.15) is 0 Å². The molecule has 0 aliphatic heterocycles. The second-order valence-electron chi connectivity index (χ2n) is 1.13. The van der Waals surface area contributed by atoms with Crippen molar-refractivity contribution < 1.29 is 0 Å². The van der Waals surface area contributed by atoms with Crippen LogP contribution in [0.5, 0.6) is 0 Å². The second-order valence-corrected chi connectivity index (χ2v) is 1.13. The second kappa shape index (κ2) is 6.68. The Labute approximate surface area is 56.7 Å². The average Bonchev–Trinajstić information content (AvgIpc) is 1.89. The Hall–Kier alpha value is -1.32. The van der Waals surface area contributed by atoms with E-state index in [1.165, 1.54) is 0 Å². The third kappa shape index (κ3) is 6.68. The maximum atomic E-state index is 3.33. The molecule has 0 nitrogen and oxygen atoms in total. The van der Waals surface area contributed by atoms with Crippen LogP contribution in [0.3, 0.4) is 0 Å². The summed E-state index contributed by atoms with van der Waals surface area (Å²) in [6, 6.07) is 0. The molecule has 0 N–H and O–H groups in total. The topological polar surface area (TPSA) is 0 Å². The van der Waals surface area contributed by atoms with Crippen molar-refractivity contribution in [2.75, 3.05) is 0 Å². The van der Waals surface area contributed by atoms with E-state index < -0.39 is 0 Å². The summed E-state index contributed by atoms with van der Waals surface area (Å²) < 4.78 is 0. The normalized spacial score (nSPS) is 4.67. The van der Waals surface area contributed by atoms with Crippen molar-refractivity contribution >= 4 is 0 Å². The molecule has 0 unspecified atom stereocenters. The van der Waals surface area contributed by atoms with Gasteiger partial charge in [-0.05, 0) is 11.8 Å². The highest BCUT2D eigenvalue weighted by molar-refractivity contribution is 5.28. The molecule has 0 fully saturated rings. The van der Waals surface area contributed by atoms with Gasteiger partial charge in [0.2, 0.25) is 0 Å². The molecule has 2 radical (unpaired) electrons. The molecule has 0 bridgehead atoms. The van der Waals surface area contributed by atoms with Crippen LogP contribution in [0.4, 0.5) is 0 Å². The zero-order chi connectivity index (χ0) is 6.95. The van der Waals surface area contributed by atoms with E-state index >= 15 is 0 Å². The lowest BCUT2D eigenvalue weighted by atomic mass is 10.4. The third-order valence-electron chi connectivity index (χ3n) is 0.541. The molecule has 0 aromatic carbocycles. The van der Waals surface area contributed by atoms with Crippen LogP contribution in [0, 0.1) is 49.4 Å². The van der Waals surface area contributed by atoms with Gasteiger partial charge in [0.25, 0.3) is 0 Å². The summed E-state index contributed by atoms with van der Waals surface area (Å²) in [6.07, 6.45) is 0.540. The quantitative estimate of drug-likeness (QED) is 0.413. The van der Waals surface area contributed by atoms with Gasteiger partial charge >= 0.3 is 0 Å². The zero-order valence-electron chi connectivity index (χ0n) is 5.12. The molecule has 0 aromatic rings. The number of hydrogen-bond donors (Lipinski definition) is 0. The fourth-order valence-corrected chi connectivity index (χ4v) is 0.239. The summed E-state index contributed by atoms with van der Waals surface area (Å²) in [5.74, 6) is 15.3. The summed E-state index contributed by atoms with van der Waals surface area (Å²) in [5, 5.41) is 0. The first-order valence-electron chi connectivity index (χ1n) is 2.41. The minimum Gasteiger partial charge on any atom is -0.101 e. The van der Waals surface area contributed by atoms with E-state index in [4.69, 9.17) is 0 Å². The largest absolute Gasteiger partial charge is 0.101 e. The van der Waals surface area contributed by atoms with E-state index in [2.05, 4.69) is 49.4 Å². The molecule has 0 amide bonds. The van der Waals surface area contributed by atoms with Crippen LogP contribution in [-0.4, -0.2) is 0 Å². The predicted molar refractivity (Wildman–Crippen MR) is 38.7 cm³/mol. The third-order valence-corrected chi connectivity index (χ3v) is 0.541. The van der Waals surface area contributed by atoms with E-state index in [0.717, 1.165) is 0 Å². The van der Waals surface area contributed by atoms with Crippen molar-refractivity contribution in [2.45, 2.75) is 6.42 Å². The van der Waals surface area contributed by atoms with Gasteiger partial charge in [0.1, 0.15) is 0 Å². The molecule has 42 valence electrons. The van der Waals surface area contributed by atoms with E-state index in [9.17, 15) is 0 Å². The first-order valence-corrected chi connectivity index (χ1v) is 2.41. The fourth-order valence-electron chi connectivity index (χ4n) is 0.239. The van der Waals surface area contributed by atoms with Gasteiger partial charge in [-0.1, -0.05) is 17.8 Å².